The Labute approximate surface area is 119 Å². The topological polar surface area (TPSA) is 26.3 Å². The smallest absolute Gasteiger partial charge is 0.173 e. The standard InChI is InChI=1S/C15H12BrFO2/c1-9-6-12(7-10(2)14(9)16)19-15-11(8-18)4-3-5-13(15)17/h3-8H,1-2H3. The summed E-state index contributed by atoms with van der Waals surface area (Å²) in [6.07, 6.45) is 0.580. The van der Waals surface area contributed by atoms with Crippen LogP contribution in [0.1, 0.15) is 21.5 Å². The Hall–Kier alpha value is -1.68. The summed E-state index contributed by atoms with van der Waals surface area (Å²) in [6.45, 7) is 3.85. The molecule has 0 aliphatic rings. The number of para-hydroxylation sites is 1. The number of rotatable bonds is 3. The predicted octanol–water partition coefficient (Wildman–Crippen LogP) is 4.81. The number of carbonyl (C=O) groups is 1. The summed E-state index contributed by atoms with van der Waals surface area (Å²) < 4.78 is 20.2. The molecule has 4 heteroatoms. The third kappa shape index (κ3) is 2.84. The largest absolute Gasteiger partial charge is 0.454 e. The molecule has 0 heterocycles. The third-order valence-electron chi connectivity index (χ3n) is 2.75. The van der Waals surface area contributed by atoms with Gasteiger partial charge in [-0.1, -0.05) is 22.0 Å². The molecule has 0 amide bonds. The average molecular weight is 323 g/mol. The number of aryl methyl sites for hydroxylation is 2. The molecule has 98 valence electrons. The van der Waals surface area contributed by atoms with Crippen molar-refractivity contribution in [3.63, 3.8) is 0 Å². The fraction of sp³-hybridized carbons (Fsp3) is 0.133. The van der Waals surface area contributed by atoms with E-state index in [2.05, 4.69) is 15.9 Å². The molecule has 0 saturated heterocycles. The molecule has 19 heavy (non-hydrogen) atoms. The minimum atomic E-state index is -0.553. The molecule has 2 rings (SSSR count). The van der Waals surface area contributed by atoms with E-state index in [9.17, 15) is 9.18 Å². The lowest BCUT2D eigenvalue weighted by Crippen LogP contribution is -1.95. The molecule has 0 aliphatic carbocycles. The third-order valence-corrected chi connectivity index (χ3v) is 4.01. The Morgan fingerprint density at radius 2 is 1.84 bits per heavy atom. The zero-order valence-corrected chi connectivity index (χ0v) is 12.1. The minimum absolute atomic E-state index is 0.0429. The Morgan fingerprint density at radius 1 is 1.21 bits per heavy atom. The molecule has 0 fully saturated rings. The van der Waals surface area contributed by atoms with Crippen molar-refractivity contribution in [3.05, 3.63) is 57.3 Å². The summed E-state index contributed by atoms with van der Waals surface area (Å²) in [6, 6.07) is 7.84. The second-order valence-electron chi connectivity index (χ2n) is 4.25. The molecule has 2 nitrogen and oxygen atoms in total. The predicted molar refractivity (Wildman–Crippen MR) is 75.5 cm³/mol. The van der Waals surface area contributed by atoms with Crippen LogP contribution in [0.15, 0.2) is 34.8 Å². The van der Waals surface area contributed by atoms with E-state index in [4.69, 9.17) is 4.74 Å². The fourth-order valence-electron chi connectivity index (χ4n) is 1.81. The second kappa shape index (κ2) is 5.53. The van der Waals surface area contributed by atoms with E-state index in [0.717, 1.165) is 15.6 Å². The molecule has 0 saturated carbocycles. The quantitative estimate of drug-likeness (QED) is 0.758. The van der Waals surface area contributed by atoms with Gasteiger partial charge < -0.3 is 4.74 Å². The van der Waals surface area contributed by atoms with Gasteiger partial charge in [0.25, 0.3) is 0 Å². The molecule has 0 radical (unpaired) electrons. The molecule has 0 bridgehead atoms. The van der Waals surface area contributed by atoms with E-state index in [1.807, 2.05) is 13.8 Å². The van der Waals surface area contributed by atoms with Gasteiger partial charge >= 0.3 is 0 Å². The number of ether oxygens (including phenoxy) is 1. The van der Waals surface area contributed by atoms with Gasteiger partial charge in [-0.05, 0) is 49.2 Å². The Balaban J connectivity index is 2.44. The monoisotopic (exact) mass is 322 g/mol. The van der Waals surface area contributed by atoms with Crippen LogP contribution in [-0.4, -0.2) is 6.29 Å². The highest BCUT2D eigenvalue weighted by Crippen LogP contribution is 2.31. The summed E-state index contributed by atoms with van der Waals surface area (Å²) in [5.41, 5.74) is 2.16. The Kier molecular flexibility index (Phi) is 4.00. The van der Waals surface area contributed by atoms with Crippen LogP contribution in [0.2, 0.25) is 0 Å². The second-order valence-corrected chi connectivity index (χ2v) is 5.04. The molecule has 0 aromatic heterocycles. The van der Waals surface area contributed by atoms with Crippen molar-refractivity contribution in [1.82, 2.24) is 0 Å². The highest BCUT2D eigenvalue weighted by Gasteiger charge is 2.11. The first-order valence-electron chi connectivity index (χ1n) is 5.71. The maximum atomic E-state index is 13.7. The number of carbonyl (C=O) groups excluding carboxylic acids is 1. The highest BCUT2D eigenvalue weighted by molar-refractivity contribution is 9.10. The van der Waals surface area contributed by atoms with Crippen molar-refractivity contribution in [2.45, 2.75) is 13.8 Å². The van der Waals surface area contributed by atoms with Crippen molar-refractivity contribution in [2.24, 2.45) is 0 Å². The van der Waals surface area contributed by atoms with E-state index in [0.29, 0.717) is 12.0 Å². The molecule has 0 unspecified atom stereocenters. The van der Waals surface area contributed by atoms with Crippen LogP contribution in [0.3, 0.4) is 0 Å². The van der Waals surface area contributed by atoms with Gasteiger partial charge in [-0.25, -0.2) is 4.39 Å². The summed E-state index contributed by atoms with van der Waals surface area (Å²) in [5, 5.41) is 0. The van der Waals surface area contributed by atoms with Gasteiger partial charge in [0, 0.05) is 4.47 Å². The van der Waals surface area contributed by atoms with Crippen molar-refractivity contribution >= 4 is 22.2 Å². The van der Waals surface area contributed by atoms with Crippen molar-refractivity contribution in [1.29, 1.82) is 0 Å². The van der Waals surface area contributed by atoms with Crippen LogP contribution < -0.4 is 4.74 Å². The molecule has 2 aromatic rings. The summed E-state index contributed by atoms with van der Waals surface area (Å²) >= 11 is 3.46. The molecule has 0 aliphatic heterocycles. The SMILES string of the molecule is Cc1cc(Oc2c(F)cccc2C=O)cc(C)c1Br. The first-order valence-corrected chi connectivity index (χ1v) is 6.50. The van der Waals surface area contributed by atoms with E-state index in [1.54, 1.807) is 12.1 Å². The zero-order chi connectivity index (χ0) is 14.0. The average Bonchev–Trinajstić information content (AvgIpc) is 2.38. The molecule has 0 spiro atoms. The molecule has 0 N–H and O–H groups in total. The van der Waals surface area contributed by atoms with Crippen LogP contribution in [0.4, 0.5) is 4.39 Å². The minimum Gasteiger partial charge on any atom is -0.454 e. The number of hydrogen-bond acceptors (Lipinski definition) is 2. The highest BCUT2D eigenvalue weighted by atomic mass is 79.9. The van der Waals surface area contributed by atoms with Crippen molar-refractivity contribution in [3.8, 4) is 11.5 Å². The van der Waals surface area contributed by atoms with Gasteiger partial charge in [0.05, 0.1) is 5.56 Å². The maximum Gasteiger partial charge on any atom is 0.173 e. The number of aldehydes is 1. The van der Waals surface area contributed by atoms with E-state index >= 15 is 0 Å². The lowest BCUT2D eigenvalue weighted by molar-refractivity contribution is 0.112. The van der Waals surface area contributed by atoms with Gasteiger partial charge in [-0.2, -0.15) is 0 Å². The van der Waals surface area contributed by atoms with Gasteiger partial charge in [0.2, 0.25) is 0 Å². The molecule has 2 aromatic carbocycles. The summed E-state index contributed by atoms with van der Waals surface area (Å²) in [5.74, 6) is -0.0900. The Morgan fingerprint density at radius 3 is 2.42 bits per heavy atom. The van der Waals surface area contributed by atoms with Gasteiger partial charge in [0.1, 0.15) is 5.75 Å². The number of hydrogen-bond donors (Lipinski definition) is 0. The van der Waals surface area contributed by atoms with Crippen LogP contribution in [0.25, 0.3) is 0 Å². The van der Waals surface area contributed by atoms with Gasteiger partial charge in [-0.15, -0.1) is 0 Å². The lowest BCUT2D eigenvalue weighted by atomic mass is 10.1. The van der Waals surface area contributed by atoms with Crippen LogP contribution in [0.5, 0.6) is 11.5 Å². The normalized spacial score (nSPS) is 10.3. The van der Waals surface area contributed by atoms with E-state index < -0.39 is 5.82 Å². The first kappa shape index (κ1) is 13.7. The van der Waals surface area contributed by atoms with Crippen LogP contribution in [0, 0.1) is 19.7 Å². The van der Waals surface area contributed by atoms with Crippen LogP contribution >= 0.6 is 15.9 Å². The van der Waals surface area contributed by atoms with Gasteiger partial charge in [0.15, 0.2) is 17.9 Å². The van der Waals surface area contributed by atoms with E-state index in [1.165, 1.54) is 18.2 Å². The fourth-order valence-corrected chi connectivity index (χ4v) is 2.04. The van der Waals surface area contributed by atoms with Crippen molar-refractivity contribution < 1.29 is 13.9 Å². The maximum absolute atomic E-state index is 13.7. The van der Waals surface area contributed by atoms with Crippen molar-refractivity contribution in [2.75, 3.05) is 0 Å². The first-order chi connectivity index (χ1) is 9.02. The molecular formula is C15H12BrFO2. The van der Waals surface area contributed by atoms with Gasteiger partial charge in [-0.3, -0.25) is 4.79 Å². The molecule has 0 atom stereocenters. The summed E-state index contributed by atoms with van der Waals surface area (Å²) in [4.78, 5) is 10.9. The summed E-state index contributed by atoms with van der Waals surface area (Å²) in [7, 11) is 0. The zero-order valence-electron chi connectivity index (χ0n) is 10.5. The molecular weight excluding hydrogens is 311 g/mol. The lowest BCUT2D eigenvalue weighted by Gasteiger charge is -2.11. The van der Waals surface area contributed by atoms with E-state index in [-0.39, 0.29) is 11.3 Å². The Bertz CT molecular complexity index is 615. The number of benzene rings is 2. The number of halogens is 2. The van der Waals surface area contributed by atoms with Crippen LogP contribution in [-0.2, 0) is 0 Å².